The number of nitrogens with zero attached hydrogens (tertiary/aromatic N) is 2. The van der Waals surface area contributed by atoms with Crippen molar-refractivity contribution in [2.75, 3.05) is 6.61 Å². The molecule has 3 rings (SSSR count). The molecule has 6 heteroatoms. The van der Waals surface area contributed by atoms with E-state index in [1.165, 1.54) is 6.08 Å². The lowest BCUT2D eigenvalue weighted by Crippen LogP contribution is -2.26. The minimum atomic E-state index is -0.789. The monoisotopic (exact) mass is 350 g/mol. The predicted molar refractivity (Wildman–Crippen MR) is 97.3 cm³/mol. The molecule has 1 unspecified atom stereocenters. The number of carbonyl (C=O) groups is 1. The van der Waals surface area contributed by atoms with Crippen molar-refractivity contribution in [2.45, 2.75) is 13.0 Å². The summed E-state index contributed by atoms with van der Waals surface area (Å²) in [7, 11) is 0. The molecule has 0 saturated carbocycles. The van der Waals surface area contributed by atoms with Crippen molar-refractivity contribution in [3.63, 3.8) is 0 Å². The molecule has 1 atom stereocenters. The van der Waals surface area contributed by atoms with Gasteiger partial charge in [-0.2, -0.15) is 0 Å². The summed E-state index contributed by atoms with van der Waals surface area (Å²) < 4.78 is 16.5. The van der Waals surface area contributed by atoms with Gasteiger partial charge in [0.1, 0.15) is 6.61 Å². The average Bonchev–Trinajstić information content (AvgIpc) is 2.67. The van der Waals surface area contributed by atoms with Crippen LogP contribution in [0.25, 0.3) is 11.0 Å². The normalized spacial score (nSPS) is 11.6. The second-order valence-electron chi connectivity index (χ2n) is 5.42. The number of rotatable bonds is 7. The van der Waals surface area contributed by atoms with Crippen molar-refractivity contribution in [2.24, 2.45) is 0 Å². The van der Waals surface area contributed by atoms with Gasteiger partial charge in [0.05, 0.1) is 17.2 Å². The first-order chi connectivity index (χ1) is 12.7. The fourth-order valence-corrected chi connectivity index (χ4v) is 2.23. The van der Waals surface area contributed by atoms with Gasteiger partial charge in [0, 0.05) is 0 Å². The molecule has 0 fully saturated rings. The first-order valence-electron chi connectivity index (χ1n) is 8.10. The Labute approximate surface area is 151 Å². The second kappa shape index (κ2) is 8.11. The van der Waals surface area contributed by atoms with Gasteiger partial charge in [-0.25, -0.2) is 14.8 Å². The van der Waals surface area contributed by atoms with E-state index in [4.69, 9.17) is 14.2 Å². The Kier molecular flexibility index (Phi) is 5.43. The quantitative estimate of drug-likeness (QED) is 0.475. The SMILES string of the molecule is C=CCOC(=O)C(C)Oc1ccccc1Oc1cnc2ccccc2n1. The lowest BCUT2D eigenvalue weighted by molar-refractivity contribution is -0.149. The first-order valence-corrected chi connectivity index (χ1v) is 8.10. The van der Waals surface area contributed by atoms with Crippen molar-refractivity contribution in [3.05, 3.63) is 67.4 Å². The Balaban J connectivity index is 1.77. The molecule has 0 bridgehead atoms. The summed E-state index contributed by atoms with van der Waals surface area (Å²) >= 11 is 0. The molecule has 0 radical (unpaired) electrons. The van der Waals surface area contributed by atoms with Crippen LogP contribution < -0.4 is 9.47 Å². The number of hydrogen-bond acceptors (Lipinski definition) is 6. The maximum Gasteiger partial charge on any atom is 0.347 e. The molecule has 6 nitrogen and oxygen atoms in total. The Morgan fingerprint density at radius 1 is 1.12 bits per heavy atom. The number of benzene rings is 2. The Hall–Kier alpha value is -3.41. The van der Waals surface area contributed by atoms with Gasteiger partial charge in [0.2, 0.25) is 5.88 Å². The van der Waals surface area contributed by atoms with Crippen LogP contribution in [0.2, 0.25) is 0 Å². The number of hydrogen-bond donors (Lipinski definition) is 0. The van der Waals surface area contributed by atoms with E-state index in [1.807, 2.05) is 24.3 Å². The van der Waals surface area contributed by atoms with Gasteiger partial charge in [-0.3, -0.25) is 0 Å². The van der Waals surface area contributed by atoms with Crippen molar-refractivity contribution in [1.82, 2.24) is 9.97 Å². The third kappa shape index (κ3) is 4.16. The third-order valence-electron chi connectivity index (χ3n) is 3.47. The highest BCUT2D eigenvalue weighted by atomic mass is 16.6. The molecule has 0 saturated heterocycles. The van der Waals surface area contributed by atoms with Gasteiger partial charge >= 0.3 is 5.97 Å². The highest BCUT2D eigenvalue weighted by Crippen LogP contribution is 2.31. The summed E-state index contributed by atoms with van der Waals surface area (Å²) in [5.41, 5.74) is 1.51. The Morgan fingerprint density at radius 2 is 1.81 bits per heavy atom. The van der Waals surface area contributed by atoms with Crippen molar-refractivity contribution < 1.29 is 19.0 Å². The van der Waals surface area contributed by atoms with E-state index < -0.39 is 12.1 Å². The van der Waals surface area contributed by atoms with Crippen molar-refractivity contribution in [1.29, 1.82) is 0 Å². The number of carbonyl (C=O) groups excluding carboxylic acids is 1. The van der Waals surface area contributed by atoms with Gasteiger partial charge in [0.15, 0.2) is 17.6 Å². The molecule has 132 valence electrons. The number of aromatic nitrogens is 2. The van der Waals surface area contributed by atoms with Crippen LogP contribution in [-0.4, -0.2) is 28.6 Å². The molecule has 0 amide bonds. The molecule has 1 heterocycles. The molecule has 1 aromatic heterocycles. The zero-order chi connectivity index (χ0) is 18.4. The molecular formula is C20H18N2O4. The predicted octanol–water partition coefficient (Wildman–Crippen LogP) is 3.92. The zero-order valence-corrected chi connectivity index (χ0v) is 14.3. The van der Waals surface area contributed by atoms with E-state index in [1.54, 1.807) is 37.4 Å². The van der Waals surface area contributed by atoms with E-state index in [9.17, 15) is 4.79 Å². The average molecular weight is 350 g/mol. The van der Waals surface area contributed by atoms with Gasteiger partial charge in [-0.15, -0.1) is 0 Å². The van der Waals surface area contributed by atoms with Crippen LogP contribution in [0.15, 0.2) is 67.4 Å². The smallest absolute Gasteiger partial charge is 0.347 e. The fourth-order valence-electron chi connectivity index (χ4n) is 2.23. The van der Waals surface area contributed by atoms with E-state index >= 15 is 0 Å². The minimum Gasteiger partial charge on any atom is -0.475 e. The summed E-state index contributed by atoms with van der Waals surface area (Å²) in [6, 6.07) is 14.5. The van der Waals surface area contributed by atoms with Crippen LogP contribution in [0.1, 0.15) is 6.92 Å². The van der Waals surface area contributed by atoms with Crippen molar-refractivity contribution >= 4 is 17.0 Å². The topological polar surface area (TPSA) is 70.5 Å². The third-order valence-corrected chi connectivity index (χ3v) is 3.47. The zero-order valence-electron chi connectivity index (χ0n) is 14.3. The van der Waals surface area contributed by atoms with E-state index in [0.29, 0.717) is 17.4 Å². The Bertz CT molecular complexity index is 926. The summed E-state index contributed by atoms with van der Waals surface area (Å²) in [5.74, 6) is 0.692. The minimum absolute atomic E-state index is 0.136. The largest absolute Gasteiger partial charge is 0.475 e. The molecule has 0 spiro atoms. The van der Waals surface area contributed by atoms with Gasteiger partial charge in [0.25, 0.3) is 0 Å². The van der Waals surface area contributed by atoms with E-state index in [2.05, 4.69) is 16.5 Å². The molecule has 26 heavy (non-hydrogen) atoms. The highest BCUT2D eigenvalue weighted by Gasteiger charge is 2.18. The Morgan fingerprint density at radius 3 is 2.58 bits per heavy atom. The second-order valence-corrected chi connectivity index (χ2v) is 5.42. The van der Waals surface area contributed by atoms with Crippen LogP contribution in [0.5, 0.6) is 17.4 Å². The van der Waals surface area contributed by atoms with Gasteiger partial charge in [-0.1, -0.05) is 36.9 Å². The molecule has 0 N–H and O–H groups in total. The number of ether oxygens (including phenoxy) is 3. The summed E-state index contributed by atoms with van der Waals surface area (Å²) in [6.45, 7) is 5.25. The molecular weight excluding hydrogens is 332 g/mol. The fraction of sp³-hybridized carbons (Fsp3) is 0.150. The molecule has 3 aromatic rings. The number of esters is 1. The highest BCUT2D eigenvalue weighted by molar-refractivity contribution is 5.75. The molecule has 0 aliphatic heterocycles. The maximum absolute atomic E-state index is 11.9. The van der Waals surface area contributed by atoms with Crippen LogP contribution >= 0.6 is 0 Å². The lowest BCUT2D eigenvalue weighted by atomic mass is 10.3. The molecule has 0 aliphatic rings. The van der Waals surface area contributed by atoms with Crippen LogP contribution in [-0.2, 0) is 9.53 Å². The summed E-state index contributed by atoms with van der Waals surface area (Å²) in [5, 5.41) is 0. The standard InChI is InChI=1S/C20H18N2O4/c1-3-12-24-20(23)14(2)25-17-10-6-7-11-18(17)26-19-13-21-15-8-4-5-9-16(15)22-19/h3-11,13-14H,1,12H2,2H3. The summed E-state index contributed by atoms with van der Waals surface area (Å²) in [6.07, 6.45) is 2.25. The maximum atomic E-state index is 11.9. The lowest BCUT2D eigenvalue weighted by Gasteiger charge is -2.16. The van der Waals surface area contributed by atoms with Gasteiger partial charge in [-0.05, 0) is 31.2 Å². The van der Waals surface area contributed by atoms with Crippen molar-refractivity contribution in [3.8, 4) is 17.4 Å². The van der Waals surface area contributed by atoms with E-state index in [0.717, 1.165) is 11.0 Å². The van der Waals surface area contributed by atoms with Crippen LogP contribution in [0.3, 0.4) is 0 Å². The molecule has 2 aromatic carbocycles. The van der Waals surface area contributed by atoms with Crippen LogP contribution in [0.4, 0.5) is 0 Å². The first kappa shape index (κ1) is 17.4. The number of fused-ring (bicyclic) bond motifs is 1. The van der Waals surface area contributed by atoms with E-state index in [-0.39, 0.29) is 6.61 Å². The number of para-hydroxylation sites is 4. The van der Waals surface area contributed by atoms with Crippen LogP contribution in [0, 0.1) is 0 Å². The summed E-state index contributed by atoms with van der Waals surface area (Å²) in [4.78, 5) is 20.6. The van der Waals surface area contributed by atoms with Gasteiger partial charge < -0.3 is 14.2 Å². The molecule has 0 aliphatic carbocycles.